The lowest BCUT2D eigenvalue weighted by molar-refractivity contribution is -0.137. The van der Waals surface area contributed by atoms with Crippen molar-refractivity contribution < 1.29 is 13.2 Å². The number of hydrogen-bond donors (Lipinski definition) is 1. The van der Waals surface area contributed by atoms with Crippen molar-refractivity contribution in [3.63, 3.8) is 0 Å². The number of hydrogen-bond acceptors (Lipinski definition) is 4. The number of rotatable bonds is 4. The van der Waals surface area contributed by atoms with E-state index in [2.05, 4.69) is 15.3 Å². The molecule has 0 radical (unpaired) electrons. The van der Waals surface area contributed by atoms with Crippen LogP contribution in [0.4, 0.5) is 19.0 Å². The van der Waals surface area contributed by atoms with Gasteiger partial charge >= 0.3 is 6.18 Å². The van der Waals surface area contributed by atoms with Gasteiger partial charge < -0.3 is 5.32 Å². The van der Waals surface area contributed by atoms with E-state index in [0.717, 1.165) is 28.6 Å². The Kier molecular flexibility index (Phi) is 4.04. The van der Waals surface area contributed by atoms with E-state index in [4.69, 9.17) is 0 Å². The summed E-state index contributed by atoms with van der Waals surface area (Å²) >= 11 is 1.61. The fraction of sp³-hybridized carbons (Fsp3) is 0.333. The summed E-state index contributed by atoms with van der Waals surface area (Å²) in [5.74, 6) is 0.432. The number of thiazole rings is 1. The van der Waals surface area contributed by atoms with Gasteiger partial charge in [-0.25, -0.2) is 9.97 Å². The van der Waals surface area contributed by atoms with Crippen molar-refractivity contribution in [1.29, 1.82) is 0 Å². The maximum atomic E-state index is 12.3. The molecule has 2 rings (SSSR count). The summed E-state index contributed by atoms with van der Waals surface area (Å²) in [5, 5.41) is 3.97. The summed E-state index contributed by atoms with van der Waals surface area (Å²) in [6.07, 6.45) is -0.989. The lowest BCUT2D eigenvalue weighted by Crippen LogP contribution is -2.08. The topological polar surface area (TPSA) is 37.8 Å². The van der Waals surface area contributed by atoms with Crippen molar-refractivity contribution >= 4 is 17.2 Å². The molecule has 0 spiro atoms. The molecule has 0 fully saturated rings. The molecule has 0 atom stereocenters. The van der Waals surface area contributed by atoms with Gasteiger partial charge in [-0.15, -0.1) is 11.3 Å². The van der Waals surface area contributed by atoms with Gasteiger partial charge in [0.05, 0.1) is 10.6 Å². The van der Waals surface area contributed by atoms with Gasteiger partial charge in [0.25, 0.3) is 0 Å². The van der Waals surface area contributed by atoms with Gasteiger partial charge in [0.1, 0.15) is 5.82 Å². The van der Waals surface area contributed by atoms with Crippen LogP contribution < -0.4 is 5.32 Å². The summed E-state index contributed by atoms with van der Waals surface area (Å²) in [5.41, 5.74) is -0.742. The Labute approximate surface area is 112 Å². The fourth-order valence-electron chi connectivity index (χ4n) is 1.48. The number of nitrogens with zero attached hydrogens (tertiary/aromatic N) is 2. The number of aryl methyl sites for hydroxylation is 1. The molecule has 2 heterocycles. The third-order valence-electron chi connectivity index (χ3n) is 2.40. The van der Waals surface area contributed by atoms with Gasteiger partial charge in [0.2, 0.25) is 0 Å². The highest BCUT2D eigenvalue weighted by Crippen LogP contribution is 2.28. The first-order valence-corrected chi connectivity index (χ1v) is 6.45. The Morgan fingerprint density at radius 2 is 2.00 bits per heavy atom. The smallest absolute Gasteiger partial charge is 0.370 e. The second kappa shape index (κ2) is 5.56. The lowest BCUT2D eigenvalue weighted by atomic mass is 10.3. The largest absolute Gasteiger partial charge is 0.417 e. The van der Waals surface area contributed by atoms with Crippen LogP contribution in [-0.2, 0) is 12.6 Å². The third kappa shape index (κ3) is 3.92. The van der Waals surface area contributed by atoms with Gasteiger partial charge in [-0.2, -0.15) is 13.2 Å². The molecule has 0 aliphatic heterocycles. The van der Waals surface area contributed by atoms with E-state index in [9.17, 15) is 13.2 Å². The molecule has 0 unspecified atom stereocenters. The number of halogens is 3. The van der Waals surface area contributed by atoms with Gasteiger partial charge in [-0.1, -0.05) is 0 Å². The Morgan fingerprint density at radius 3 is 2.53 bits per heavy atom. The second-order valence-electron chi connectivity index (χ2n) is 3.97. The van der Waals surface area contributed by atoms with Crippen LogP contribution >= 0.6 is 11.3 Å². The molecule has 2 aromatic heterocycles. The van der Waals surface area contributed by atoms with Crippen LogP contribution in [0.25, 0.3) is 0 Å². The van der Waals surface area contributed by atoms with Crippen LogP contribution in [0.2, 0.25) is 0 Å². The second-order valence-corrected chi connectivity index (χ2v) is 5.29. The summed E-state index contributed by atoms with van der Waals surface area (Å²) in [6, 6.07) is 2.35. The quantitative estimate of drug-likeness (QED) is 0.935. The number of alkyl halides is 3. The van der Waals surface area contributed by atoms with Crippen LogP contribution in [0.1, 0.15) is 15.4 Å². The van der Waals surface area contributed by atoms with Crippen LogP contribution in [0.15, 0.2) is 24.5 Å². The summed E-state index contributed by atoms with van der Waals surface area (Å²) in [6.45, 7) is 2.57. The van der Waals surface area contributed by atoms with E-state index >= 15 is 0 Å². The number of nitrogens with one attached hydrogen (secondary N) is 1. The molecule has 0 bridgehead atoms. The van der Waals surface area contributed by atoms with E-state index in [1.54, 1.807) is 17.5 Å². The van der Waals surface area contributed by atoms with Crippen molar-refractivity contribution in [1.82, 2.24) is 9.97 Å². The molecule has 0 aliphatic carbocycles. The number of pyridine rings is 1. The van der Waals surface area contributed by atoms with Crippen molar-refractivity contribution in [3.8, 4) is 0 Å². The van der Waals surface area contributed by atoms with Gasteiger partial charge in [-0.3, -0.25) is 0 Å². The summed E-state index contributed by atoms with van der Waals surface area (Å²) in [7, 11) is 0. The lowest BCUT2D eigenvalue weighted by Gasteiger charge is -2.08. The van der Waals surface area contributed by atoms with Gasteiger partial charge in [0.15, 0.2) is 0 Å². The zero-order valence-electron chi connectivity index (χ0n) is 10.2. The third-order valence-corrected chi connectivity index (χ3v) is 3.38. The number of aromatic nitrogens is 2. The highest BCUT2D eigenvalue weighted by molar-refractivity contribution is 7.11. The normalized spacial score (nSPS) is 11.6. The molecule has 3 nitrogen and oxygen atoms in total. The van der Waals surface area contributed by atoms with E-state index in [0.29, 0.717) is 12.4 Å². The average Bonchev–Trinajstić information content (AvgIpc) is 2.75. The van der Waals surface area contributed by atoms with E-state index in [1.807, 2.05) is 6.92 Å². The average molecular weight is 287 g/mol. The minimum atomic E-state index is -4.34. The van der Waals surface area contributed by atoms with Gasteiger partial charge in [0, 0.05) is 30.2 Å². The molecule has 7 heteroatoms. The van der Waals surface area contributed by atoms with Crippen molar-refractivity contribution in [2.75, 3.05) is 11.9 Å². The molecule has 0 amide bonds. The van der Waals surface area contributed by atoms with Gasteiger partial charge in [-0.05, 0) is 19.1 Å². The highest BCUT2D eigenvalue weighted by Gasteiger charge is 2.30. The molecular formula is C12H12F3N3S. The SMILES string of the molecule is Cc1cnc(CCNc2ccc(C(F)(F)F)cn2)s1. The first-order valence-electron chi connectivity index (χ1n) is 5.63. The van der Waals surface area contributed by atoms with Crippen molar-refractivity contribution in [2.45, 2.75) is 19.5 Å². The first kappa shape index (κ1) is 13.8. The molecule has 0 saturated heterocycles. The standard InChI is InChI=1S/C12H12F3N3S/c1-8-6-18-11(19-8)4-5-16-10-3-2-9(7-17-10)12(13,14)15/h2-3,6-7H,4-5H2,1H3,(H,16,17). The van der Waals surface area contributed by atoms with Crippen molar-refractivity contribution in [2.24, 2.45) is 0 Å². The zero-order chi connectivity index (χ0) is 13.9. The summed E-state index contributed by atoms with van der Waals surface area (Å²) < 4.78 is 37.0. The monoisotopic (exact) mass is 287 g/mol. The van der Waals surface area contributed by atoms with Crippen molar-refractivity contribution in [3.05, 3.63) is 40.0 Å². The molecular weight excluding hydrogens is 275 g/mol. The predicted molar refractivity (Wildman–Crippen MR) is 68.3 cm³/mol. The first-order chi connectivity index (χ1) is 8.95. The maximum Gasteiger partial charge on any atom is 0.417 e. The Balaban J connectivity index is 1.86. The Hall–Kier alpha value is -1.63. The molecule has 2 aromatic rings. The molecule has 0 saturated carbocycles. The van der Waals surface area contributed by atoms with E-state index in [-0.39, 0.29) is 0 Å². The van der Waals surface area contributed by atoms with Crippen LogP contribution in [-0.4, -0.2) is 16.5 Å². The maximum absolute atomic E-state index is 12.3. The number of anilines is 1. The Morgan fingerprint density at radius 1 is 1.21 bits per heavy atom. The predicted octanol–water partition coefficient (Wildman–Crippen LogP) is 3.52. The summed E-state index contributed by atoms with van der Waals surface area (Å²) in [4.78, 5) is 9.08. The van der Waals surface area contributed by atoms with Crippen LogP contribution in [0.5, 0.6) is 0 Å². The minimum absolute atomic E-state index is 0.432. The minimum Gasteiger partial charge on any atom is -0.370 e. The molecule has 0 aliphatic rings. The van der Waals surface area contributed by atoms with Crippen LogP contribution in [0, 0.1) is 6.92 Å². The Bertz CT molecular complexity index is 534. The van der Waals surface area contributed by atoms with E-state index < -0.39 is 11.7 Å². The molecule has 102 valence electrons. The van der Waals surface area contributed by atoms with Crippen LogP contribution in [0.3, 0.4) is 0 Å². The molecule has 19 heavy (non-hydrogen) atoms. The molecule has 1 N–H and O–H groups in total. The molecule has 0 aromatic carbocycles. The highest BCUT2D eigenvalue weighted by atomic mass is 32.1. The van der Waals surface area contributed by atoms with E-state index in [1.165, 1.54) is 6.07 Å². The fourth-order valence-corrected chi connectivity index (χ4v) is 2.27. The zero-order valence-corrected chi connectivity index (χ0v) is 11.0.